The van der Waals surface area contributed by atoms with Gasteiger partial charge in [0.05, 0.1) is 23.0 Å². The van der Waals surface area contributed by atoms with Gasteiger partial charge in [0.25, 0.3) is 5.69 Å². The molecule has 150 valence electrons. The number of hydrogen-bond donors (Lipinski definition) is 1. The van der Waals surface area contributed by atoms with Crippen LogP contribution in [0.15, 0.2) is 53.4 Å². The summed E-state index contributed by atoms with van der Waals surface area (Å²) in [6, 6.07) is 10.3. The van der Waals surface area contributed by atoms with Crippen LogP contribution in [0, 0.1) is 15.9 Å². The van der Waals surface area contributed by atoms with E-state index in [-0.39, 0.29) is 29.0 Å². The first-order valence-corrected chi connectivity index (χ1v) is 10.2. The fraction of sp³-hybridized carbons (Fsp3) is 0.333. The quantitative estimate of drug-likeness (QED) is 0.555. The predicted molar refractivity (Wildman–Crippen MR) is 99.8 cm³/mol. The average Bonchev–Trinajstić information content (AvgIpc) is 2.70. The first kappa shape index (κ1) is 20.3. The van der Waals surface area contributed by atoms with Crippen LogP contribution in [0.3, 0.4) is 0 Å². The van der Waals surface area contributed by atoms with Crippen LogP contribution in [0.5, 0.6) is 0 Å². The number of benzene rings is 2. The maximum Gasteiger partial charge on any atom is 0.269 e. The van der Waals surface area contributed by atoms with Gasteiger partial charge >= 0.3 is 0 Å². The molecule has 1 saturated heterocycles. The summed E-state index contributed by atoms with van der Waals surface area (Å²) in [5, 5.41) is 10.7. The topological polar surface area (TPSA) is 102 Å². The van der Waals surface area contributed by atoms with Crippen molar-refractivity contribution < 1.29 is 22.5 Å². The van der Waals surface area contributed by atoms with Gasteiger partial charge in [-0.25, -0.2) is 17.5 Å². The van der Waals surface area contributed by atoms with Crippen molar-refractivity contribution >= 4 is 15.7 Å². The Kier molecular flexibility index (Phi) is 6.35. The molecule has 0 aliphatic carbocycles. The standard InChI is InChI=1S/C18H20FN3O5S/c19-15-3-1-14(2-4-15)18(21-9-11-27-12-10-21)13-20-28(25,26)17-7-5-16(6-8-17)22(23)24/h1-8,18,20H,9-13H2/t18-/m0/s1. The van der Waals surface area contributed by atoms with E-state index in [0.29, 0.717) is 26.3 Å². The number of nitrogens with one attached hydrogen (secondary N) is 1. The van der Waals surface area contributed by atoms with Gasteiger partial charge in [0.15, 0.2) is 0 Å². The highest BCUT2D eigenvalue weighted by Crippen LogP contribution is 2.23. The first-order chi connectivity index (χ1) is 13.4. The van der Waals surface area contributed by atoms with Crippen molar-refractivity contribution in [2.75, 3.05) is 32.8 Å². The fourth-order valence-corrected chi connectivity index (χ4v) is 4.09. The first-order valence-electron chi connectivity index (χ1n) is 8.68. The van der Waals surface area contributed by atoms with Crippen molar-refractivity contribution in [2.45, 2.75) is 10.9 Å². The maximum absolute atomic E-state index is 13.3. The number of nitrogens with zero attached hydrogens (tertiary/aromatic N) is 2. The molecule has 1 fully saturated rings. The summed E-state index contributed by atoms with van der Waals surface area (Å²) in [7, 11) is -3.86. The number of halogens is 1. The highest BCUT2D eigenvalue weighted by Gasteiger charge is 2.25. The Bertz CT molecular complexity index is 913. The van der Waals surface area contributed by atoms with Crippen LogP contribution < -0.4 is 4.72 Å². The van der Waals surface area contributed by atoms with E-state index in [0.717, 1.165) is 17.7 Å². The molecule has 10 heteroatoms. The van der Waals surface area contributed by atoms with Gasteiger partial charge < -0.3 is 4.74 Å². The van der Waals surface area contributed by atoms with Crippen molar-refractivity contribution in [2.24, 2.45) is 0 Å². The van der Waals surface area contributed by atoms with E-state index in [9.17, 15) is 22.9 Å². The van der Waals surface area contributed by atoms with E-state index < -0.39 is 14.9 Å². The average molecular weight is 409 g/mol. The molecule has 1 aliphatic rings. The number of ether oxygens (including phenoxy) is 1. The lowest BCUT2D eigenvalue weighted by atomic mass is 10.0. The molecule has 0 radical (unpaired) electrons. The van der Waals surface area contributed by atoms with Gasteiger partial charge in [-0.05, 0) is 29.8 Å². The number of non-ortho nitro benzene ring substituents is 1. The fourth-order valence-electron chi connectivity index (χ4n) is 3.05. The van der Waals surface area contributed by atoms with Crippen LogP contribution in [0.2, 0.25) is 0 Å². The molecule has 2 aromatic rings. The van der Waals surface area contributed by atoms with E-state index in [4.69, 9.17) is 4.74 Å². The van der Waals surface area contributed by atoms with Gasteiger partial charge in [-0.1, -0.05) is 12.1 Å². The summed E-state index contributed by atoms with van der Waals surface area (Å²) in [5.41, 5.74) is 0.603. The van der Waals surface area contributed by atoms with E-state index >= 15 is 0 Å². The lowest BCUT2D eigenvalue weighted by Gasteiger charge is -2.34. The zero-order chi connectivity index (χ0) is 20.1. The van der Waals surface area contributed by atoms with Crippen LogP contribution in [0.25, 0.3) is 0 Å². The van der Waals surface area contributed by atoms with Gasteiger partial charge in [0.1, 0.15) is 5.82 Å². The van der Waals surface area contributed by atoms with Crippen molar-refractivity contribution in [3.8, 4) is 0 Å². The molecule has 8 nitrogen and oxygen atoms in total. The van der Waals surface area contributed by atoms with Crippen molar-refractivity contribution in [3.05, 3.63) is 70.0 Å². The van der Waals surface area contributed by atoms with E-state index in [1.54, 1.807) is 12.1 Å². The molecule has 0 spiro atoms. The summed E-state index contributed by atoms with van der Waals surface area (Å²) in [6.45, 7) is 2.40. The van der Waals surface area contributed by atoms with Gasteiger partial charge in [-0.15, -0.1) is 0 Å². The Morgan fingerprint density at radius 3 is 2.29 bits per heavy atom. The van der Waals surface area contributed by atoms with Crippen LogP contribution in [-0.2, 0) is 14.8 Å². The SMILES string of the molecule is O=[N+]([O-])c1ccc(S(=O)(=O)NC[C@@H](c2ccc(F)cc2)N2CCOCC2)cc1. The molecule has 1 atom stereocenters. The number of sulfonamides is 1. The van der Waals surface area contributed by atoms with E-state index in [1.807, 2.05) is 0 Å². The molecule has 0 bridgehead atoms. The summed E-state index contributed by atoms with van der Waals surface area (Å²) in [5.74, 6) is -0.365. The molecule has 0 unspecified atom stereocenters. The Balaban J connectivity index is 1.78. The molecule has 1 N–H and O–H groups in total. The third kappa shape index (κ3) is 4.90. The molecule has 0 saturated carbocycles. The Hall–Kier alpha value is -2.40. The summed E-state index contributed by atoms with van der Waals surface area (Å²) >= 11 is 0. The molecule has 1 heterocycles. The molecule has 0 aromatic heterocycles. The van der Waals surface area contributed by atoms with Gasteiger partial charge in [0, 0.05) is 37.8 Å². The largest absolute Gasteiger partial charge is 0.379 e. The number of rotatable bonds is 7. The van der Waals surface area contributed by atoms with Gasteiger partial charge in [-0.3, -0.25) is 15.0 Å². The molecule has 28 heavy (non-hydrogen) atoms. The third-order valence-corrected chi connectivity index (χ3v) is 6.01. The number of morpholine rings is 1. The summed E-state index contributed by atoms with van der Waals surface area (Å²) < 4.78 is 46.4. The second-order valence-corrected chi connectivity index (χ2v) is 8.09. The summed E-state index contributed by atoms with van der Waals surface area (Å²) in [6.07, 6.45) is 0. The zero-order valence-corrected chi connectivity index (χ0v) is 15.8. The molecular weight excluding hydrogens is 389 g/mol. The predicted octanol–water partition coefficient (Wildman–Crippen LogP) is 2.09. The minimum Gasteiger partial charge on any atom is -0.379 e. The zero-order valence-electron chi connectivity index (χ0n) is 15.0. The molecule has 3 rings (SSSR count). The third-order valence-electron chi connectivity index (χ3n) is 4.57. The van der Waals surface area contributed by atoms with Crippen molar-refractivity contribution in [3.63, 3.8) is 0 Å². The lowest BCUT2D eigenvalue weighted by molar-refractivity contribution is -0.384. The molecule has 1 aliphatic heterocycles. The molecular formula is C18H20FN3O5S. The van der Waals surface area contributed by atoms with Crippen LogP contribution in [0.4, 0.5) is 10.1 Å². The second-order valence-electron chi connectivity index (χ2n) is 6.32. The summed E-state index contributed by atoms with van der Waals surface area (Å²) in [4.78, 5) is 12.2. The Morgan fingerprint density at radius 2 is 1.71 bits per heavy atom. The Labute approximate surface area is 162 Å². The van der Waals surface area contributed by atoms with Crippen molar-refractivity contribution in [1.29, 1.82) is 0 Å². The van der Waals surface area contributed by atoms with E-state index in [1.165, 1.54) is 24.3 Å². The van der Waals surface area contributed by atoms with E-state index in [2.05, 4.69) is 9.62 Å². The monoisotopic (exact) mass is 409 g/mol. The Morgan fingerprint density at radius 1 is 1.11 bits per heavy atom. The second kappa shape index (κ2) is 8.74. The number of nitro benzene ring substituents is 1. The van der Waals surface area contributed by atoms with Crippen LogP contribution in [0.1, 0.15) is 11.6 Å². The number of nitro groups is 1. The van der Waals surface area contributed by atoms with Crippen LogP contribution >= 0.6 is 0 Å². The van der Waals surface area contributed by atoms with Gasteiger partial charge in [-0.2, -0.15) is 0 Å². The smallest absolute Gasteiger partial charge is 0.269 e. The molecule has 0 amide bonds. The van der Waals surface area contributed by atoms with Crippen LogP contribution in [-0.4, -0.2) is 51.1 Å². The minimum atomic E-state index is -3.86. The minimum absolute atomic E-state index is 0.0575. The highest BCUT2D eigenvalue weighted by atomic mass is 32.2. The highest BCUT2D eigenvalue weighted by molar-refractivity contribution is 7.89. The lowest BCUT2D eigenvalue weighted by Crippen LogP contribution is -2.43. The molecule has 2 aromatic carbocycles. The van der Waals surface area contributed by atoms with Gasteiger partial charge in [0.2, 0.25) is 10.0 Å². The normalized spacial score (nSPS) is 16.6. The number of hydrogen-bond acceptors (Lipinski definition) is 6. The van der Waals surface area contributed by atoms with Crippen molar-refractivity contribution in [1.82, 2.24) is 9.62 Å². The maximum atomic E-state index is 13.3.